The fourth-order valence-corrected chi connectivity index (χ4v) is 2.12. The van der Waals surface area contributed by atoms with Crippen LogP contribution in [-0.2, 0) is 10.1 Å². The van der Waals surface area contributed by atoms with E-state index in [1.807, 2.05) is 30.3 Å². The molecule has 0 aliphatic rings. The van der Waals surface area contributed by atoms with Crippen LogP contribution in [0.4, 0.5) is 5.69 Å². The van der Waals surface area contributed by atoms with E-state index < -0.39 is 10.1 Å². The standard InChI is InChI=1S/C12H19NO3S/c14-17(15,16)11-7-2-1-6-10-13-12-8-4-3-5-9-12/h3-5,8-9,13H,1-2,6-7,10-11H2,(H,14,15,16). The summed E-state index contributed by atoms with van der Waals surface area (Å²) in [4.78, 5) is 0. The maximum Gasteiger partial charge on any atom is 0.264 e. The van der Waals surface area contributed by atoms with E-state index in [9.17, 15) is 8.42 Å². The lowest BCUT2D eigenvalue weighted by molar-refractivity contribution is 0.479. The Morgan fingerprint density at radius 3 is 2.29 bits per heavy atom. The van der Waals surface area contributed by atoms with Crippen molar-refractivity contribution in [3.05, 3.63) is 30.3 Å². The second-order valence-electron chi connectivity index (χ2n) is 3.99. The molecule has 0 radical (unpaired) electrons. The van der Waals surface area contributed by atoms with Crippen molar-refractivity contribution in [3.8, 4) is 0 Å². The second kappa shape index (κ2) is 7.29. The van der Waals surface area contributed by atoms with Crippen molar-refractivity contribution in [1.29, 1.82) is 0 Å². The van der Waals surface area contributed by atoms with Gasteiger partial charge in [0.2, 0.25) is 0 Å². The van der Waals surface area contributed by atoms with Gasteiger partial charge in [-0.1, -0.05) is 31.0 Å². The average Bonchev–Trinajstić information content (AvgIpc) is 2.28. The van der Waals surface area contributed by atoms with E-state index in [-0.39, 0.29) is 5.75 Å². The third-order valence-electron chi connectivity index (χ3n) is 2.43. The smallest absolute Gasteiger partial charge is 0.264 e. The Morgan fingerprint density at radius 1 is 1.00 bits per heavy atom. The molecular weight excluding hydrogens is 238 g/mol. The maximum absolute atomic E-state index is 10.4. The fourth-order valence-electron chi connectivity index (χ4n) is 1.55. The summed E-state index contributed by atoms with van der Waals surface area (Å²) in [5.41, 5.74) is 1.10. The minimum absolute atomic E-state index is 0.126. The zero-order valence-electron chi connectivity index (χ0n) is 9.80. The quantitative estimate of drug-likeness (QED) is 0.555. The first-order valence-corrected chi connectivity index (χ1v) is 7.43. The highest BCUT2D eigenvalue weighted by Gasteiger charge is 2.02. The Bertz CT molecular complexity index is 403. The molecule has 1 rings (SSSR count). The number of nitrogens with one attached hydrogen (secondary N) is 1. The largest absolute Gasteiger partial charge is 0.385 e. The van der Waals surface area contributed by atoms with E-state index in [0.29, 0.717) is 6.42 Å². The van der Waals surface area contributed by atoms with Crippen molar-refractivity contribution in [3.63, 3.8) is 0 Å². The highest BCUT2D eigenvalue weighted by Crippen LogP contribution is 2.06. The van der Waals surface area contributed by atoms with Crippen LogP contribution in [0.15, 0.2) is 30.3 Å². The first-order valence-electron chi connectivity index (χ1n) is 5.82. The molecule has 0 aliphatic heterocycles. The Hall–Kier alpha value is -1.07. The molecule has 96 valence electrons. The van der Waals surface area contributed by atoms with Crippen molar-refractivity contribution in [2.45, 2.75) is 25.7 Å². The number of hydrogen-bond donors (Lipinski definition) is 2. The van der Waals surface area contributed by atoms with Crippen molar-refractivity contribution < 1.29 is 13.0 Å². The Morgan fingerprint density at radius 2 is 1.65 bits per heavy atom. The summed E-state index contributed by atoms with van der Waals surface area (Å²) < 4.78 is 29.4. The first kappa shape index (κ1) is 14.0. The summed E-state index contributed by atoms with van der Waals surface area (Å²) in [5, 5.41) is 3.28. The van der Waals surface area contributed by atoms with Crippen LogP contribution >= 0.6 is 0 Å². The maximum atomic E-state index is 10.4. The van der Waals surface area contributed by atoms with Crippen LogP contribution in [0.3, 0.4) is 0 Å². The number of unbranched alkanes of at least 4 members (excludes halogenated alkanes) is 3. The molecule has 0 atom stereocenters. The van der Waals surface area contributed by atoms with Gasteiger partial charge in [0.1, 0.15) is 0 Å². The molecule has 0 bridgehead atoms. The molecular formula is C12H19NO3S. The van der Waals surface area contributed by atoms with E-state index in [0.717, 1.165) is 31.5 Å². The van der Waals surface area contributed by atoms with Gasteiger partial charge in [-0.2, -0.15) is 8.42 Å². The molecule has 0 aromatic heterocycles. The molecule has 1 aromatic rings. The molecule has 2 N–H and O–H groups in total. The normalized spacial score (nSPS) is 11.4. The van der Waals surface area contributed by atoms with Gasteiger partial charge >= 0.3 is 0 Å². The van der Waals surface area contributed by atoms with Gasteiger partial charge in [0.25, 0.3) is 10.1 Å². The SMILES string of the molecule is O=S(=O)(O)CCCCCCNc1ccccc1. The van der Waals surface area contributed by atoms with Crippen LogP contribution in [-0.4, -0.2) is 25.3 Å². The summed E-state index contributed by atoms with van der Waals surface area (Å²) in [6.45, 7) is 0.885. The van der Waals surface area contributed by atoms with Gasteiger partial charge in [-0.25, -0.2) is 0 Å². The summed E-state index contributed by atoms with van der Waals surface area (Å²) in [7, 11) is -3.78. The first-order chi connectivity index (χ1) is 8.08. The van der Waals surface area contributed by atoms with E-state index in [4.69, 9.17) is 4.55 Å². The van der Waals surface area contributed by atoms with Crippen molar-refractivity contribution in [1.82, 2.24) is 0 Å². The predicted molar refractivity (Wildman–Crippen MR) is 69.8 cm³/mol. The zero-order valence-corrected chi connectivity index (χ0v) is 10.6. The zero-order chi connectivity index (χ0) is 12.6. The fraction of sp³-hybridized carbons (Fsp3) is 0.500. The minimum atomic E-state index is -3.78. The molecule has 0 amide bonds. The molecule has 0 heterocycles. The summed E-state index contributed by atoms with van der Waals surface area (Å²) in [6.07, 6.45) is 3.33. The summed E-state index contributed by atoms with van der Waals surface area (Å²) in [5.74, 6) is -0.126. The van der Waals surface area contributed by atoms with Gasteiger partial charge in [-0.3, -0.25) is 4.55 Å². The van der Waals surface area contributed by atoms with Crippen LogP contribution in [0, 0.1) is 0 Å². The van der Waals surface area contributed by atoms with E-state index in [1.54, 1.807) is 0 Å². The number of hydrogen-bond acceptors (Lipinski definition) is 3. The van der Waals surface area contributed by atoms with Crippen molar-refractivity contribution >= 4 is 15.8 Å². The summed E-state index contributed by atoms with van der Waals surface area (Å²) >= 11 is 0. The van der Waals surface area contributed by atoms with E-state index in [1.165, 1.54) is 0 Å². The molecule has 0 fully saturated rings. The van der Waals surface area contributed by atoms with Crippen LogP contribution < -0.4 is 5.32 Å². The van der Waals surface area contributed by atoms with Gasteiger partial charge in [-0.15, -0.1) is 0 Å². The molecule has 0 spiro atoms. The average molecular weight is 257 g/mol. The Balaban J connectivity index is 1.99. The van der Waals surface area contributed by atoms with Gasteiger partial charge in [-0.05, 0) is 25.0 Å². The lowest BCUT2D eigenvalue weighted by Gasteiger charge is -2.05. The van der Waals surface area contributed by atoms with Crippen molar-refractivity contribution in [2.24, 2.45) is 0 Å². The van der Waals surface area contributed by atoms with Crippen LogP contribution in [0.1, 0.15) is 25.7 Å². The lowest BCUT2D eigenvalue weighted by Crippen LogP contribution is -2.04. The Labute approximate surface area is 103 Å². The monoisotopic (exact) mass is 257 g/mol. The third kappa shape index (κ3) is 7.76. The molecule has 4 nitrogen and oxygen atoms in total. The highest BCUT2D eigenvalue weighted by atomic mass is 32.2. The molecule has 1 aromatic carbocycles. The Kier molecular flexibility index (Phi) is 6.00. The second-order valence-corrected chi connectivity index (χ2v) is 5.57. The number of anilines is 1. The van der Waals surface area contributed by atoms with E-state index in [2.05, 4.69) is 5.32 Å². The lowest BCUT2D eigenvalue weighted by atomic mass is 10.2. The molecule has 0 aliphatic carbocycles. The third-order valence-corrected chi connectivity index (χ3v) is 3.24. The number of rotatable bonds is 8. The highest BCUT2D eigenvalue weighted by molar-refractivity contribution is 7.85. The molecule has 0 saturated heterocycles. The molecule has 0 unspecified atom stereocenters. The topological polar surface area (TPSA) is 66.4 Å². The molecule has 5 heteroatoms. The van der Waals surface area contributed by atoms with Gasteiger partial charge < -0.3 is 5.32 Å². The van der Waals surface area contributed by atoms with Crippen LogP contribution in [0.25, 0.3) is 0 Å². The summed E-state index contributed by atoms with van der Waals surface area (Å²) in [6, 6.07) is 9.96. The van der Waals surface area contributed by atoms with Crippen LogP contribution in [0.2, 0.25) is 0 Å². The number of para-hydroxylation sites is 1. The van der Waals surface area contributed by atoms with Gasteiger partial charge in [0, 0.05) is 12.2 Å². The van der Waals surface area contributed by atoms with E-state index >= 15 is 0 Å². The molecule has 17 heavy (non-hydrogen) atoms. The van der Waals surface area contributed by atoms with Crippen LogP contribution in [0.5, 0.6) is 0 Å². The minimum Gasteiger partial charge on any atom is -0.385 e. The van der Waals surface area contributed by atoms with Gasteiger partial charge in [0.05, 0.1) is 5.75 Å². The van der Waals surface area contributed by atoms with Crippen molar-refractivity contribution in [2.75, 3.05) is 17.6 Å². The predicted octanol–water partition coefficient (Wildman–Crippen LogP) is 2.55. The number of benzene rings is 1. The van der Waals surface area contributed by atoms with Gasteiger partial charge in [0.15, 0.2) is 0 Å². The molecule has 0 saturated carbocycles.